The number of benzene rings is 2. The molecule has 0 atom stereocenters. The van der Waals surface area contributed by atoms with Gasteiger partial charge in [0.25, 0.3) is 0 Å². The highest BCUT2D eigenvalue weighted by Gasteiger charge is 1.97. The van der Waals surface area contributed by atoms with Crippen LogP contribution in [-0.4, -0.2) is 52.3 Å². The Morgan fingerprint density at radius 1 is 0.455 bits per heavy atom. The molecule has 0 unspecified atom stereocenters. The summed E-state index contributed by atoms with van der Waals surface area (Å²) in [6, 6.07) is 22.8. The van der Waals surface area contributed by atoms with E-state index in [9.17, 15) is 0 Å². The lowest BCUT2D eigenvalue weighted by atomic mass is 10.4. The average molecular weight is 395 g/mol. The van der Waals surface area contributed by atoms with E-state index in [-0.39, 0.29) is 18.1 Å². The van der Waals surface area contributed by atoms with E-state index in [2.05, 4.69) is 60.7 Å². The summed E-state index contributed by atoms with van der Waals surface area (Å²) in [7, 11) is 2.74. The Hall–Kier alpha value is -0.259. The summed E-state index contributed by atoms with van der Waals surface area (Å²) >= 11 is 0. The molecule has 0 radical (unpaired) electrons. The average Bonchev–Trinajstić information content (AvgIpc) is 2.63. The third-order valence-corrected chi connectivity index (χ3v) is 78.1. The summed E-state index contributed by atoms with van der Waals surface area (Å²) in [4.78, 5) is 0. The Bertz CT molecular complexity index is 391. The molecule has 2 aromatic rings. The maximum atomic E-state index is 2.38. The van der Waals surface area contributed by atoms with Gasteiger partial charge in [0, 0.05) is 18.1 Å². The maximum Gasteiger partial charge on any atom is 0.0389 e. The summed E-state index contributed by atoms with van der Waals surface area (Å²) in [5.74, 6) is 0. The smallest absolute Gasteiger partial charge is 0.0389 e. The zero-order valence-corrected chi connectivity index (χ0v) is 23.5. The van der Waals surface area contributed by atoms with Crippen LogP contribution in [0, 0.1) is 0 Å². The molecule has 0 aliphatic carbocycles. The Morgan fingerprint density at radius 3 is 1.09 bits per heavy atom. The lowest BCUT2D eigenvalue weighted by Crippen LogP contribution is -2.33. The molecular formula is C16H34Si6. The van der Waals surface area contributed by atoms with E-state index in [4.69, 9.17) is 0 Å². The molecule has 0 bridgehead atoms. The predicted molar refractivity (Wildman–Crippen MR) is 126 cm³/mol. The minimum absolute atomic E-state index is 0.271. The van der Waals surface area contributed by atoms with Crippen LogP contribution in [0.5, 0.6) is 0 Å². The largest absolute Gasteiger partial charge is 0.0704 e. The summed E-state index contributed by atoms with van der Waals surface area (Å²) in [5.41, 5.74) is 0. The van der Waals surface area contributed by atoms with E-state index < -0.39 is 0 Å². The van der Waals surface area contributed by atoms with E-state index in [1.165, 1.54) is 0 Å². The second-order valence-electron chi connectivity index (χ2n) is 4.89. The zero-order valence-electron chi connectivity index (χ0n) is 15.0. The quantitative estimate of drug-likeness (QED) is 0.387. The first-order valence-electron chi connectivity index (χ1n) is 9.03. The first kappa shape index (κ1) is 21.7. The molecule has 0 amide bonds. The van der Waals surface area contributed by atoms with Crippen molar-refractivity contribution < 1.29 is 0 Å². The minimum atomic E-state index is 0.271. The molecule has 0 N–H and O–H groups in total. The Balaban J connectivity index is 0.00000102. The highest BCUT2D eigenvalue weighted by molar-refractivity contribution is 7.60. The summed E-state index contributed by atoms with van der Waals surface area (Å²) in [5, 5.41) is 3.51. The highest BCUT2D eigenvalue weighted by atomic mass is 29.9. The van der Waals surface area contributed by atoms with Gasteiger partial charge in [0.05, 0.1) is 0 Å². The van der Waals surface area contributed by atoms with Gasteiger partial charge in [0.1, 0.15) is 0 Å². The molecule has 2 aromatic carbocycles. The fourth-order valence-electron chi connectivity index (χ4n) is 2.30. The van der Waals surface area contributed by atoms with E-state index in [0.29, 0.717) is 34.2 Å². The van der Waals surface area contributed by atoms with Crippen molar-refractivity contribution in [3.63, 3.8) is 0 Å². The van der Waals surface area contributed by atoms with Gasteiger partial charge in [-0.15, -0.1) is 0 Å². The predicted octanol–water partition coefficient (Wildman–Crippen LogP) is -1.72. The first-order chi connectivity index (χ1) is 10.9. The third kappa shape index (κ3) is 11.3. The van der Waals surface area contributed by atoms with Crippen LogP contribution in [0.2, 0.25) is 0 Å². The van der Waals surface area contributed by atoms with Crippen LogP contribution >= 0.6 is 0 Å². The van der Waals surface area contributed by atoms with Gasteiger partial charge in [0.2, 0.25) is 0 Å². The fraction of sp³-hybridized carbons (Fsp3) is 0.250. The van der Waals surface area contributed by atoms with Crippen LogP contribution in [0.25, 0.3) is 0 Å². The van der Waals surface area contributed by atoms with Crippen molar-refractivity contribution >= 4 is 62.7 Å². The fourth-order valence-corrected chi connectivity index (χ4v) is 122. The van der Waals surface area contributed by atoms with Crippen molar-refractivity contribution in [2.24, 2.45) is 0 Å². The molecule has 0 fully saturated rings. The van der Waals surface area contributed by atoms with Gasteiger partial charge in [-0.05, 0) is 34.2 Å². The van der Waals surface area contributed by atoms with Crippen LogP contribution in [-0.2, 0) is 0 Å². The van der Waals surface area contributed by atoms with Crippen LogP contribution in [0.3, 0.4) is 0 Å². The van der Waals surface area contributed by atoms with Crippen molar-refractivity contribution in [1.29, 1.82) is 0 Å². The number of hydrogen-bond donors (Lipinski definition) is 0. The second-order valence-corrected chi connectivity index (χ2v) is 47.3. The third-order valence-electron chi connectivity index (χ3n) is 3.37. The molecule has 0 nitrogen and oxygen atoms in total. The summed E-state index contributed by atoms with van der Waals surface area (Å²) in [6.45, 7) is 8.00. The van der Waals surface area contributed by atoms with Gasteiger partial charge in [-0.1, -0.05) is 98.7 Å². The molecule has 6 heteroatoms. The molecule has 0 aromatic heterocycles. The van der Waals surface area contributed by atoms with Gasteiger partial charge in [-0.2, -0.15) is 0 Å². The van der Waals surface area contributed by atoms with E-state index >= 15 is 0 Å². The lowest BCUT2D eigenvalue weighted by Gasteiger charge is -2.00. The van der Waals surface area contributed by atoms with Crippen molar-refractivity contribution in [2.45, 2.75) is 27.7 Å². The SMILES string of the molecule is CC.CC.c1ccc([SiH2][SiH2][SiH2][SiH2][SiH2][SiH2]c2ccccc2)cc1. The van der Waals surface area contributed by atoms with Gasteiger partial charge < -0.3 is 0 Å². The van der Waals surface area contributed by atoms with E-state index in [0.717, 1.165) is 0 Å². The highest BCUT2D eigenvalue weighted by Crippen LogP contribution is 1.81. The van der Waals surface area contributed by atoms with Crippen LogP contribution in [0.15, 0.2) is 60.7 Å². The van der Waals surface area contributed by atoms with Crippen LogP contribution in [0.1, 0.15) is 27.7 Å². The molecule has 0 spiro atoms. The molecule has 2 rings (SSSR count). The van der Waals surface area contributed by atoms with Gasteiger partial charge in [-0.3, -0.25) is 0 Å². The van der Waals surface area contributed by atoms with Crippen molar-refractivity contribution in [3.05, 3.63) is 60.7 Å². The van der Waals surface area contributed by atoms with E-state index in [1.54, 1.807) is 10.4 Å². The maximum absolute atomic E-state index is 2.38. The molecule has 22 heavy (non-hydrogen) atoms. The molecular weight excluding hydrogens is 361 g/mol. The van der Waals surface area contributed by atoms with Gasteiger partial charge in [0.15, 0.2) is 0 Å². The minimum Gasteiger partial charge on any atom is -0.0704 e. The molecule has 0 aliphatic rings. The normalized spacial score (nSPS) is 12.4. The molecule has 0 saturated carbocycles. The monoisotopic (exact) mass is 394 g/mol. The number of hydrogen-bond acceptors (Lipinski definition) is 0. The topological polar surface area (TPSA) is 0 Å². The molecule has 0 saturated heterocycles. The van der Waals surface area contributed by atoms with Crippen molar-refractivity contribution in [2.75, 3.05) is 0 Å². The standard InChI is InChI=1S/C12H22Si6.2C2H6/c1-3-7-11(8-4-1)13-15-17-18-16-14-12-9-5-2-6-10-12;2*1-2/h1-10H,13-18H2;2*1-2H3. The Labute approximate surface area is 150 Å². The molecule has 0 heterocycles. The molecule has 0 aliphatic heterocycles. The summed E-state index contributed by atoms with van der Waals surface area (Å²) in [6.07, 6.45) is 0. The van der Waals surface area contributed by atoms with E-state index in [1.807, 2.05) is 27.7 Å². The summed E-state index contributed by atoms with van der Waals surface area (Å²) < 4.78 is 0. The van der Waals surface area contributed by atoms with Gasteiger partial charge in [-0.25, -0.2) is 0 Å². The molecule has 122 valence electrons. The lowest BCUT2D eigenvalue weighted by molar-refractivity contribution is 1.50. The second kappa shape index (κ2) is 17.1. The van der Waals surface area contributed by atoms with Gasteiger partial charge >= 0.3 is 0 Å². The van der Waals surface area contributed by atoms with Crippen LogP contribution < -0.4 is 10.4 Å². The Kier molecular flexibility index (Phi) is 16.9. The van der Waals surface area contributed by atoms with Crippen molar-refractivity contribution in [1.82, 2.24) is 0 Å². The van der Waals surface area contributed by atoms with Crippen molar-refractivity contribution in [3.8, 4) is 0 Å². The zero-order chi connectivity index (χ0) is 16.5. The van der Waals surface area contributed by atoms with Crippen LogP contribution in [0.4, 0.5) is 0 Å². The number of rotatable bonds is 7. The Morgan fingerprint density at radius 2 is 0.773 bits per heavy atom. The first-order valence-corrected chi connectivity index (χ1v) is 30.4.